The van der Waals surface area contributed by atoms with E-state index in [1.165, 1.54) is 51.4 Å². The van der Waals surface area contributed by atoms with E-state index in [4.69, 9.17) is 0 Å². The van der Waals surface area contributed by atoms with Gasteiger partial charge in [0.2, 0.25) is 0 Å². The van der Waals surface area contributed by atoms with Crippen LogP contribution in [-0.2, 0) is 9.59 Å². The Hall–Kier alpha value is -0.660. The summed E-state index contributed by atoms with van der Waals surface area (Å²) in [6.45, 7) is 2.25. The Bertz CT molecular complexity index is 290. The van der Waals surface area contributed by atoms with Crippen molar-refractivity contribution in [1.29, 1.82) is 0 Å². The van der Waals surface area contributed by atoms with Crippen LogP contribution in [0.4, 0.5) is 0 Å². The third kappa shape index (κ3) is 6.76. The molecule has 0 radical (unpaired) electrons. The number of rotatable bonds is 12. The normalized spacial score (nSPS) is 17.6. The molecule has 1 aliphatic rings. The second-order valence-corrected chi connectivity index (χ2v) is 6.84. The number of Topliss-reactive ketones (excluding diaryl/α,β-unsaturated/α-hetero) is 1. The fraction of sp³-hybridized carbons (Fsp3) is 0.895. The Morgan fingerprint density at radius 3 is 1.90 bits per heavy atom. The van der Waals surface area contributed by atoms with Gasteiger partial charge in [0.1, 0.15) is 12.1 Å². The van der Waals surface area contributed by atoms with Gasteiger partial charge in [0.25, 0.3) is 0 Å². The van der Waals surface area contributed by atoms with Crippen molar-refractivity contribution >= 4 is 12.1 Å². The molecular weight excluding hydrogens is 260 g/mol. The van der Waals surface area contributed by atoms with Crippen molar-refractivity contribution in [3.05, 3.63) is 0 Å². The lowest BCUT2D eigenvalue weighted by Gasteiger charge is -2.30. The zero-order chi connectivity index (χ0) is 15.4. The van der Waals surface area contributed by atoms with Crippen LogP contribution in [-0.4, -0.2) is 12.1 Å². The molecule has 1 aliphatic carbocycles. The smallest absolute Gasteiger partial charge is 0.146 e. The van der Waals surface area contributed by atoms with Crippen molar-refractivity contribution in [2.45, 2.75) is 103 Å². The van der Waals surface area contributed by atoms with Crippen LogP contribution in [0, 0.1) is 5.41 Å². The van der Waals surface area contributed by atoms with E-state index in [9.17, 15) is 9.59 Å². The molecule has 0 atom stereocenters. The fourth-order valence-electron chi connectivity index (χ4n) is 3.49. The van der Waals surface area contributed by atoms with Crippen LogP contribution in [0.5, 0.6) is 0 Å². The standard InChI is InChI=1S/C19H34O2/c1-2-3-4-5-6-7-8-9-11-14-18(21)19(17-20)15-12-10-13-16-19/h17H,2-16H2,1H3. The number of hydrogen-bond acceptors (Lipinski definition) is 2. The Labute approximate surface area is 131 Å². The molecule has 1 rings (SSSR count). The van der Waals surface area contributed by atoms with Crippen LogP contribution < -0.4 is 0 Å². The first-order valence-corrected chi connectivity index (χ1v) is 9.25. The molecule has 0 N–H and O–H groups in total. The third-order valence-corrected chi connectivity index (χ3v) is 5.03. The largest absolute Gasteiger partial charge is 0.302 e. The van der Waals surface area contributed by atoms with Crippen molar-refractivity contribution in [2.24, 2.45) is 5.41 Å². The molecule has 122 valence electrons. The highest BCUT2D eigenvalue weighted by molar-refractivity contribution is 5.98. The molecule has 0 aromatic rings. The summed E-state index contributed by atoms with van der Waals surface area (Å²) in [6.07, 6.45) is 17.9. The van der Waals surface area contributed by atoms with Gasteiger partial charge >= 0.3 is 0 Å². The number of aldehydes is 1. The van der Waals surface area contributed by atoms with Crippen molar-refractivity contribution in [3.8, 4) is 0 Å². The molecule has 21 heavy (non-hydrogen) atoms. The van der Waals surface area contributed by atoms with Gasteiger partial charge < -0.3 is 4.79 Å². The average molecular weight is 294 g/mol. The molecule has 0 spiro atoms. The number of ketones is 1. The highest BCUT2D eigenvalue weighted by Crippen LogP contribution is 2.36. The second-order valence-electron chi connectivity index (χ2n) is 6.84. The molecule has 0 heterocycles. The number of carbonyl (C=O) groups excluding carboxylic acids is 2. The van der Waals surface area contributed by atoms with E-state index in [1.807, 2.05) is 0 Å². The van der Waals surface area contributed by atoms with Crippen LogP contribution in [0.15, 0.2) is 0 Å². The Morgan fingerprint density at radius 1 is 0.857 bits per heavy atom. The van der Waals surface area contributed by atoms with Crippen LogP contribution in [0.1, 0.15) is 103 Å². The molecule has 0 bridgehead atoms. The van der Waals surface area contributed by atoms with Gasteiger partial charge in [0, 0.05) is 6.42 Å². The van der Waals surface area contributed by atoms with E-state index in [0.717, 1.165) is 44.8 Å². The van der Waals surface area contributed by atoms with E-state index in [2.05, 4.69) is 6.92 Å². The topological polar surface area (TPSA) is 34.1 Å². The van der Waals surface area contributed by atoms with Crippen molar-refractivity contribution in [2.75, 3.05) is 0 Å². The lowest BCUT2D eigenvalue weighted by molar-refractivity contribution is -0.136. The average Bonchev–Trinajstić information content (AvgIpc) is 2.53. The van der Waals surface area contributed by atoms with E-state index in [-0.39, 0.29) is 5.78 Å². The number of carbonyl (C=O) groups is 2. The molecule has 0 aliphatic heterocycles. The lowest BCUT2D eigenvalue weighted by Crippen LogP contribution is -2.34. The Balaban J connectivity index is 2.06. The molecule has 0 amide bonds. The summed E-state index contributed by atoms with van der Waals surface area (Å²) in [5.41, 5.74) is -0.599. The summed E-state index contributed by atoms with van der Waals surface area (Å²) in [5.74, 6) is 0.222. The second kappa shape index (κ2) is 11.0. The van der Waals surface area contributed by atoms with E-state index < -0.39 is 5.41 Å². The van der Waals surface area contributed by atoms with Crippen LogP contribution in [0.3, 0.4) is 0 Å². The molecular formula is C19H34O2. The van der Waals surface area contributed by atoms with Gasteiger partial charge in [-0.15, -0.1) is 0 Å². The molecule has 0 saturated heterocycles. The van der Waals surface area contributed by atoms with Crippen molar-refractivity contribution in [3.63, 3.8) is 0 Å². The van der Waals surface area contributed by atoms with Crippen molar-refractivity contribution < 1.29 is 9.59 Å². The van der Waals surface area contributed by atoms with Crippen LogP contribution in [0.25, 0.3) is 0 Å². The van der Waals surface area contributed by atoms with Gasteiger partial charge in [-0.3, -0.25) is 4.79 Å². The quantitative estimate of drug-likeness (QED) is 0.266. The minimum Gasteiger partial charge on any atom is -0.302 e. The minimum atomic E-state index is -0.599. The van der Waals surface area contributed by atoms with Gasteiger partial charge in [0.15, 0.2) is 0 Å². The van der Waals surface area contributed by atoms with Crippen molar-refractivity contribution in [1.82, 2.24) is 0 Å². The summed E-state index contributed by atoms with van der Waals surface area (Å²) in [4.78, 5) is 23.7. The number of unbranched alkanes of at least 4 members (excludes halogenated alkanes) is 8. The summed E-state index contributed by atoms with van der Waals surface area (Å²) < 4.78 is 0. The van der Waals surface area contributed by atoms with Gasteiger partial charge in [-0.05, 0) is 19.3 Å². The zero-order valence-electron chi connectivity index (χ0n) is 14.0. The first-order chi connectivity index (χ1) is 10.2. The van der Waals surface area contributed by atoms with Gasteiger partial charge in [-0.25, -0.2) is 0 Å². The Kier molecular flexibility index (Phi) is 9.62. The maximum atomic E-state index is 12.3. The molecule has 1 fully saturated rings. The maximum absolute atomic E-state index is 12.3. The summed E-state index contributed by atoms with van der Waals surface area (Å²) in [5, 5.41) is 0. The van der Waals surface area contributed by atoms with Gasteiger partial charge in [0.05, 0.1) is 5.41 Å². The fourth-order valence-corrected chi connectivity index (χ4v) is 3.49. The van der Waals surface area contributed by atoms with Gasteiger partial charge in [-0.2, -0.15) is 0 Å². The molecule has 1 saturated carbocycles. The Morgan fingerprint density at radius 2 is 1.38 bits per heavy atom. The first kappa shape index (κ1) is 18.4. The summed E-state index contributed by atoms with van der Waals surface area (Å²) in [6, 6.07) is 0. The SMILES string of the molecule is CCCCCCCCCCCC(=O)C1(C=O)CCCCC1. The highest BCUT2D eigenvalue weighted by Gasteiger charge is 2.38. The maximum Gasteiger partial charge on any atom is 0.146 e. The molecule has 0 aromatic carbocycles. The monoisotopic (exact) mass is 294 g/mol. The highest BCUT2D eigenvalue weighted by atomic mass is 16.1. The third-order valence-electron chi connectivity index (χ3n) is 5.03. The van der Waals surface area contributed by atoms with E-state index in [1.54, 1.807) is 0 Å². The molecule has 0 aromatic heterocycles. The van der Waals surface area contributed by atoms with E-state index >= 15 is 0 Å². The first-order valence-electron chi connectivity index (χ1n) is 9.25. The summed E-state index contributed by atoms with van der Waals surface area (Å²) >= 11 is 0. The molecule has 0 unspecified atom stereocenters. The minimum absolute atomic E-state index is 0.222. The zero-order valence-corrected chi connectivity index (χ0v) is 14.0. The predicted octanol–water partition coefficient (Wildman–Crippen LogP) is 5.63. The molecule has 2 heteroatoms. The van der Waals surface area contributed by atoms with Crippen LogP contribution >= 0.6 is 0 Å². The molecule has 2 nitrogen and oxygen atoms in total. The van der Waals surface area contributed by atoms with Crippen LogP contribution in [0.2, 0.25) is 0 Å². The van der Waals surface area contributed by atoms with Gasteiger partial charge in [-0.1, -0.05) is 77.6 Å². The predicted molar refractivity (Wildman–Crippen MR) is 88.4 cm³/mol. The summed E-state index contributed by atoms with van der Waals surface area (Å²) in [7, 11) is 0. The van der Waals surface area contributed by atoms with E-state index in [0.29, 0.717) is 6.42 Å². The number of hydrogen-bond donors (Lipinski definition) is 0. The lowest BCUT2D eigenvalue weighted by atomic mass is 9.71.